The summed E-state index contributed by atoms with van der Waals surface area (Å²) >= 11 is 0. The Hall–Kier alpha value is -2.80. The molecule has 1 aromatic heterocycles. The zero-order valence-corrected chi connectivity index (χ0v) is 20.3. The first-order valence-electron chi connectivity index (χ1n) is 13.1. The van der Waals surface area contributed by atoms with Crippen molar-refractivity contribution in [1.29, 1.82) is 0 Å². The fourth-order valence-corrected chi connectivity index (χ4v) is 5.32. The van der Waals surface area contributed by atoms with Crippen LogP contribution in [-0.2, 0) is 12.8 Å². The molecule has 0 radical (unpaired) electrons. The Labute approximate surface area is 197 Å². The second-order valence-corrected chi connectivity index (χ2v) is 9.71. The Morgan fingerprint density at radius 3 is 1.42 bits per heavy atom. The molecule has 0 saturated heterocycles. The lowest BCUT2D eigenvalue weighted by molar-refractivity contribution is 0.667. The first kappa shape index (κ1) is 22.0. The van der Waals surface area contributed by atoms with E-state index in [1.165, 1.54) is 94.8 Å². The van der Waals surface area contributed by atoms with Gasteiger partial charge in [-0.05, 0) is 70.5 Å². The van der Waals surface area contributed by atoms with Gasteiger partial charge in [0.25, 0.3) is 0 Å². The monoisotopic (exact) mass is 436 g/mol. The predicted octanol–water partition coefficient (Wildman–Crippen LogP) is 10.1. The maximum Gasteiger partial charge on any atom is 0.136 e. The molecular weight excluding hydrogens is 400 g/mol. The molecule has 1 heteroatoms. The highest BCUT2D eigenvalue weighted by molar-refractivity contribution is 6.26. The topological polar surface area (TPSA) is 13.1 Å². The number of rotatable bonds is 10. The van der Waals surface area contributed by atoms with Crippen LogP contribution in [0.25, 0.3) is 43.5 Å². The molecule has 0 bridgehead atoms. The lowest BCUT2D eigenvalue weighted by Gasteiger charge is -2.07. The summed E-state index contributed by atoms with van der Waals surface area (Å²) in [7, 11) is 0. The first-order chi connectivity index (χ1) is 16.3. The molecule has 5 rings (SSSR count). The molecule has 33 heavy (non-hydrogen) atoms. The SMILES string of the molecule is CCCCCCc1ccc2ccc3oc4ccc5ccc(CCCCCC)cc5c4c3c2c1. The van der Waals surface area contributed by atoms with Crippen LogP contribution in [0.5, 0.6) is 0 Å². The zero-order chi connectivity index (χ0) is 22.6. The number of hydrogen-bond acceptors (Lipinski definition) is 1. The van der Waals surface area contributed by atoms with Crippen LogP contribution < -0.4 is 0 Å². The third kappa shape index (κ3) is 4.51. The molecule has 0 amide bonds. The number of furan rings is 1. The van der Waals surface area contributed by atoms with Crippen LogP contribution in [0.15, 0.2) is 65.1 Å². The van der Waals surface area contributed by atoms with E-state index in [1.54, 1.807) is 0 Å². The second-order valence-electron chi connectivity index (χ2n) is 9.71. The summed E-state index contributed by atoms with van der Waals surface area (Å²) in [6.07, 6.45) is 12.7. The Morgan fingerprint density at radius 2 is 0.970 bits per heavy atom. The molecule has 5 aromatic rings. The lowest BCUT2D eigenvalue weighted by Crippen LogP contribution is -1.88. The van der Waals surface area contributed by atoms with E-state index in [4.69, 9.17) is 4.42 Å². The van der Waals surface area contributed by atoms with Crippen molar-refractivity contribution < 1.29 is 4.42 Å². The van der Waals surface area contributed by atoms with Crippen molar-refractivity contribution in [3.63, 3.8) is 0 Å². The molecule has 0 fully saturated rings. The van der Waals surface area contributed by atoms with Crippen LogP contribution >= 0.6 is 0 Å². The van der Waals surface area contributed by atoms with Crippen molar-refractivity contribution in [2.24, 2.45) is 0 Å². The van der Waals surface area contributed by atoms with Crippen LogP contribution in [0.3, 0.4) is 0 Å². The van der Waals surface area contributed by atoms with Crippen molar-refractivity contribution in [2.75, 3.05) is 0 Å². The molecule has 0 saturated carbocycles. The number of hydrogen-bond donors (Lipinski definition) is 0. The van der Waals surface area contributed by atoms with Gasteiger partial charge in [0.15, 0.2) is 0 Å². The summed E-state index contributed by atoms with van der Waals surface area (Å²) in [5, 5.41) is 7.84. The minimum Gasteiger partial charge on any atom is -0.456 e. The van der Waals surface area contributed by atoms with Gasteiger partial charge in [0.1, 0.15) is 11.2 Å². The van der Waals surface area contributed by atoms with Crippen LogP contribution in [0, 0.1) is 0 Å². The first-order valence-corrected chi connectivity index (χ1v) is 13.1. The third-order valence-corrected chi connectivity index (χ3v) is 7.20. The van der Waals surface area contributed by atoms with Gasteiger partial charge in [-0.25, -0.2) is 0 Å². The predicted molar refractivity (Wildman–Crippen MR) is 144 cm³/mol. The highest BCUT2D eigenvalue weighted by Crippen LogP contribution is 2.39. The Bertz CT molecular complexity index is 1280. The number of aryl methyl sites for hydroxylation is 2. The van der Waals surface area contributed by atoms with Crippen molar-refractivity contribution >= 4 is 43.5 Å². The third-order valence-electron chi connectivity index (χ3n) is 7.20. The van der Waals surface area contributed by atoms with Gasteiger partial charge in [0.2, 0.25) is 0 Å². The van der Waals surface area contributed by atoms with E-state index in [9.17, 15) is 0 Å². The summed E-state index contributed by atoms with van der Waals surface area (Å²) in [5.41, 5.74) is 4.89. The van der Waals surface area contributed by atoms with Crippen molar-refractivity contribution in [3.05, 3.63) is 71.8 Å². The highest BCUT2D eigenvalue weighted by Gasteiger charge is 2.14. The Morgan fingerprint density at radius 1 is 0.515 bits per heavy atom. The standard InChI is InChI=1S/C32H36O/c1-3-5-7-9-11-23-13-15-25-17-19-29-31(27(25)21-23)32-28-22-24(12-10-8-6-4-2)14-16-26(28)18-20-30(32)33-29/h13-22H,3-12H2,1-2H3. The molecule has 0 atom stereocenters. The molecule has 0 spiro atoms. The van der Waals surface area contributed by atoms with E-state index in [-0.39, 0.29) is 0 Å². The average molecular weight is 437 g/mol. The average Bonchev–Trinajstić information content (AvgIpc) is 3.24. The smallest absolute Gasteiger partial charge is 0.136 e. The van der Waals surface area contributed by atoms with E-state index >= 15 is 0 Å². The fraction of sp³-hybridized carbons (Fsp3) is 0.375. The van der Waals surface area contributed by atoms with Gasteiger partial charge in [0, 0.05) is 10.8 Å². The molecule has 0 aliphatic carbocycles. The maximum absolute atomic E-state index is 6.37. The summed E-state index contributed by atoms with van der Waals surface area (Å²) < 4.78 is 6.37. The van der Waals surface area contributed by atoms with E-state index in [0.717, 1.165) is 24.0 Å². The molecule has 170 valence electrons. The number of benzene rings is 4. The molecule has 0 aliphatic rings. The fourth-order valence-electron chi connectivity index (χ4n) is 5.32. The number of unbranched alkanes of at least 4 members (excludes halogenated alkanes) is 6. The van der Waals surface area contributed by atoms with E-state index < -0.39 is 0 Å². The molecule has 0 aliphatic heterocycles. The Balaban J connectivity index is 1.62. The summed E-state index contributed by atoms with van der Waals surface area (Å²) in [5.74, 6) is 0. The highest BCUT2D eigenvalue weighted by atomic mass is 16.3. The second kappa shape index (κ2) is 10.00. The van der Waals surface area contributed by atoms with Crippen molar-refractivity contribution in [2.45, 2.75) is 78.1 Å². The molecular formula is C32H36O. The van der Waals surface area contributed by atoms with Crippen molar-refractivity contribution in [1.82, 2.24) is 0 Å². The van der Waals surface area contributed by atoms with Gasteiger partial charge in [0.05, 0.1) is 0 Å². The van der Waals surface area contributed by atoms with Gasteiger partial charge in [-0.3, -0.25) is 0 Å². The molecule has 1 heterocycles. The van der Waals surface area contributed by atoms with Crippen molar-refractivity contribution in [3.8, 4) is 0 Å². The zero-order valence-electron chi connectivity index (χ0n) is 20.3. The van der Waals surface area contributed by atoms with Gasteiger partial charge in [-0.15, -0.1) is 0 Å². The number of fused-ring (bicyclic) bond motifs is 7. The molecule has 0 N–H and O–H groups in total. The maximum atomic E-state index is 6.37. The van der Waals surface area contributed by atoms with Crippen LogP contribution in [0.4, 0.5) is 0 Å². The minimum absolute atomic E-state index is 1.00. The van der Waals surface area contributed by atoms with Crippen LogP contribution in [0.2, 0.25) is 0 Å². The molecule has 0 unspecified atom stereocenters. The lowest BCUT2D eigenvalue weighted by atomic mass is 9.95. The van der Waals surface area contributed by atoms with Crippen LogP contribution in [0.1, 0.15) is 76.3 Å². The summed E-state index contributed by atoms with van der Waals surface area (Å²) in [6, 6.07) is 22.8. The van der Waals surface area contributed by atoms with E-state index in [1.807, 2.05) is 0 Å². The minimum atomic E-state index is 1.00. The summed E-state index contributed by atoms with van der Waals surface area (Å²) in [6.45, 7) is 4.55. The van der Waals surface area contributed by atoms with Crippen LogP contribution in [-0.4, -0.2) is 0 Å². The normalized spacial score (nSPS) is 11.9. The van der Waals surface area contributed by atoms with E-state index in [0.29, 0.717) is 0 Å². The molecule has 1 nitrogen and oxygen atoms in total. The van der Waals surface area contributed by atoms with Gasteiger partial charge < -0.3 is 4.42 Å². The van der Waals surface area contributed by atoms with E-state index in [2.05, 4.69) is 74.5 Å². The molecule has 4 aromatic carbocycles. The quantitative estimate of drug-likeness (QED) is 0.198. The largest absolute Gasteiger partial charge is 0.456 e. The van der Waals surface area contributed by atoms with Gasteiger partial charge >= 0.3 is 0 Å². The summed E-state index contributed by atoms with van der Waals surface area (Å²) in [4.78, 5) is 0. The van der Waals surface area contributed by atoms with Gasteiger partial charge in [-0.2, -0.15) is 0 Å². The van der Waals surface area contributed by atoms with Gasteiger partial charge in [-0.1, -0.05) is 101 Å². The Kier molecular flexibility index (Phi) is 6.67.